The number of nitrogens with zero attached hydrogens (tertiary/aromatic N) is 1. The average Bonchev–Trinajstić information content (AvgIpc) is 3.14. The summed E-state index contributed by atoms with van der Waals surface area (Å²) in [5.74, 6) is -1.25. The second-order valence-corrected chi connectivity index (χ2v) is 6.65. The van der Waals surface area contributed by atoms with Gasteiger partial charge in [0.1, 0.15) is 6.54 Å². The van der Waals surface area contributed by atoms with Gasteiger partial charge < -0.3 is 10.4 Å². The van der Waals surface area contributed by atoms with Gasteiger partial charge in [0, 0.05) is 12.6 Å². The first-order chi connectivity index (χ1) is 12.1. The zero-order chi connectivity index (χ0) is 17.6. The molecule has 0 unspecified atom stereocenters. The summed E-state index contributed by atoms with van der Waals surface area (Å²) in [4.78, 5) is 25.0. The number of fused-ring (bicyclic) bond motifs is 1. The highest BCUT2D eigenvalue weighted by atomic mass is 16.4. The van der Waals surface area contributed by atoms with E-state index in [-0.39, 0.29) is 19.0 Å². The molecule has 1 amide bonds. The molecule has 0 aromatic heterocycles. The highest BCUT2D eigenvalue weighted by Crippen LogP contribution is 2.27. The van der Waals surface area contributed by atoms with Crippen molar-refractivity contribution in [2.45, 2.75) is 38.3 Å². The van der Waals surface area contributed by atoms with Crippen molar-refractivity contribution in [1.29, 1.82) is 0 Å². The highest BCUT2D eigenvalue weighted by molar-refractivity contribution is 5.86. The zero-order valence-electron chi connectivity index (χ0n) is 14.3. The van der Waals surface area contributed by atoms with Crippen molar-refractivity contribution in [3.8, 4) is 0 Å². The topological polar surface area (TPSA) is 69.6 Å². The lowest BCUT2D eigenvalue weighted by Gasteiger charge is -2.28. The predicted octanol–water partition coefficient (Wildman–Crippen LogP) is 2.79. The van der Waals surface area contributed by atoms with Gasteiger partial charge in [-0.15, -0.1) is 0 Å². The van der Waals surface area contributed by atoms with E-state index >= 15 is 0 Å². The Morgan fingerprint density at radius 2 is 1.80 bits per heavy atom. The van der Waals surface area contributed by atoms with Crippen molar-refractivity contribution in [1.82, 2.24) is 10.2 Å². The summed E-state index contributed by atoms with van der Waals surface area (Å²) in [5, 5.41) is 13.6. The van der Waals surface area contributed by atoms with E-state index in [0.29, 0.717) is 12.6 Å². The number of hydrogen-bond acceptors (Lipinski definition) is 3. The van der Waals surface area contributed by atoms with Gasteiger partial charge in [-0.2, -0.15) is 0 Å². The second-order valence-electron chi connectivity index (χ2n) is 6.65. The van der Waals surface area contributed by atoms with Crippen molar-refractivity contribution in [2.24, 2.45) is 0 Å². The summed E-state index contributed by atoms with van der Waals surface area (Å²) >= 11 is 0. The van der Waals surface area contributed by atoms with Crippen LogP contribution >= 0.6 is 0 Å². The van der Waals surface area contributed by atoms with Crippen LogP contribution in [0, 0.1) is 0 Å². The molecule has 1 aliphatic rings. The maximum atomic E-state index is 12.2. The Hall–Kier alpha value is -2.40. The Kier molecular flexibility index (Phi) is 5.66. The van der Waals surface area contributed by atoms with Gasteiger partial charge in [0.15, 0.2) is 0 Å². The third-order valence-electron chi connectivity index (χ3n) is 4.88. The van der Waals surface area contributed by atoms with E-state index in [1.807, 2.05) is 12.1 Å². The number of carboxylic acids is 1. The molecule has 0 heterocycles. The number of nitrogens with one attached hydrogen (secondary N) is 1. The number of aliphatic carboxylic acids is 1. The van der Waals surface area contributed by atoms with E-state index in [4.69, 9.17) is 5.11 Å². The molecular weight excluding hydrogens is 316 g/mol. The maximum Gasteiger partial charge on any atom is 0.322 e. The smallest absolute Gasteiger partial charge is 0.322 e. The largest absolute Gasteiger partial charge is 0.480 e. The summed E-state index contributed by atoms with van der Waals surface area (Å²) in [7, 11) is 0. The molecule has 1 aliphatic carbocycles. The molecule has 0 spiro atoms. The molecule has 2 N–H and O–H groups in total. The SMILES string of the molecule is O=C(O)CNC(=O)CN(Cc1cccc2ccccc12)C1CCCC1. The molecule has 2 aromatic rings. The first-order valence-corrected chi connectivity index (χ1v) is 8.82. The number of carboxylic acid groups (broad SMARTS) is 1. The summed E-state index contributed by atoms with van der Waals surface area (Å²) in [6, 6.07) is 14.9. The minimum absolute atomic E-state index is 0.227. The summed E-state index contributed by atoms with van der Waals surface area (Å²) in [5.41, 5.74) is 1.20. The fourth-order valence-corrected chi connectivity index (χ4v) is 3.65. The van der Waals surface area contributed by atoms with Crippen molar-refractivity contribution in [2.75, 3.05) is 13.1 Å². The third-order valence-corrected chi connectivity index (χ3v) is 4.88. The lowest BCUT2D eigenvalue weighted by atomic mass is 10.0. The van der Waals surface area contributed by atoms with Crippen LogP contribution in [-0.4, -0.2) is 41.0 Å². The van der Waals surface area contributed by atoms with Gasteiger partial charge in [0.25, 0.3) is 0 Å². The molecular formula is C20H24N2O3. The average molecular weight is 340 g/mol. The van der Waals surface area contributed by atoms with Crippen LogP contribution < -0.4 is 5.32 Å². The normalized spacial score (nSPS) is 14.9. The van der Waals surface area contributed by atoms with Crippen LogP contribution in [0.25, 0.3) is 10.8 Å². The molecule has 5 nitrogen and oxygen atoms in total. The van der Waals surface area contributed by atoms with Gasteiger partial charge in [0.2, 0.25) is 5.91 Å². The van der Waals surface area contributed by atoms with Gasteiger partial charge in [-0.3, -0.25) is 14.5 Å². The van der Waals surface area contributed by atoms with Gasteiger partial charge in [-0.05, 0) is 29.2 Å². The fraction of sp³-hybridized carbons (Fsp3) is 0.400. The number of hydrogen-bond donors (Lipinski definition) is 2. The molecule has 2 aromatic carbocycles. The molecule has 5 heteroatoms. The Balaban J connectivity index is 1.77. The summed E-state index contributed by atoms with van der Waals surface area (Å²) < 4.78 is 0. The monoisotopic (exact) mass is 340 g/mol. The van der Waals surface area contributed by atoms with E-state index in [9.17, 15) is 9.59 Å². The van der Waals surface area contributed by atoms with Crippen LogP contribution in [0.15, 0.2) is 42.5 Å². The van der Waals surface area contributed by atoms with E-state index in [2.05, 4.69) is 40.5 Å². The van der Waals surface area contributed by atoms with Crippen LogP contribution in [-0.2, 0) is 16.1 Å². The standard InChI is InChI=1S/C20H24N2O3/c23-19(21-12-20(24)25)14-22(17-9-2-3-10-17)13-16-8-5-7-15-6-1-4-11-18(15)16/h1,4-8,11,17H,2-3,9-10,12-14H2,(H,21,23)(H,24,25). The number of amides is 1. The Morgan fingerprint density at radius 1 is 1.08 bits per heavy atom. The van der Waals surface area contributed by atoms with E-state index in [1.165, 1.54) is 29.2 Å². The van der Waals surface area contributed by atoms with Gasteiger partial charge in [-0.1, -0.05) is 55.3 Å². The minimum Gasteiger partial charge on any atom is -0.480 e. The molecule has 1 saturated carbocycles. The Morgan fingerprint density at radius 3 is 2.56 bits per heavy atom. The number of rotatable bonds is 7. The summed E-state index contributed by atoms with van der Waals surface area (Å²) in [6.07, 6.45) is 4.56. The highest BCUT2D eigenvalue weighted by Gasteiger charge is 2.25. The van der Waals surface area contributed by atoms with Gasteiger partial charge >= 0.3 is 5.97 Å². The molecule has 3 rings (SSSR count). The van der Waals surface area contributed by atoms with E-state index < -0.39 is 5.97 Å². The molecule has 0 aliphatic heterocycles. The van der Waals surface area contributed by atoms with Crippen LogP contribution in [0.4, 0.5) is 0 Å². The van der Waals surface area contributed by atoms with Crippen molar-refractivity contribution >= 4 is 22.6 Å². The van der Waals surface area contributed by atoms with E-state index in [0.717, 1.165) is 12.8 Å². The van der Waals surface area contributed by atoms with Crippen LogP contribution in [0.2, 0.25) is 0 Å². The lowest BCUT2D eigenvalue weighted by molar-refractivity contribution is -0.138. The first-order valence-electron chi connectivity index (χ1n) is 8.82. The number of benzene rings is 2. The lowest BCUT2D eigenvalue weighted by Crippen LogP contribution is -2.42. The third kappa shape index (κ3) is 4.57. The van der Waals surface area contributed by atoms with Crippen LogP contribution in [0.5, 0.6) is 0 Å². The molecule has 0 saturated heterocycles. The second kappa shape index (κ2) is 8.12. The van der Waals surface area contributed by atoms with Gasteiger partial charge in [-0.25, -0.2) is 0 Å². The minimum atomic E-state index is -1.02. The first kappa shape index (κ1) is 17.4. The van der Waals surface area contributed by atoms with Gasteiger partial charge in [0.05, 0.1) is 6.54 Å². The summed E-state index contributed by atoms with van der Waals surface area (Å²) in [6.45, 7) is 0.610. The van der Waals surface area contributed by atoms with Crippen LogP contribution in [0.3, 0.4) is 0 Å². The Bertz CT molecular complexity index is 748. The maximum absolute atomic E-state index is 12.2. The number of carbonyl (C=O) groups excluding carboxylic acids is 1. The quantitative estimate of drug-likeness (QED) is 0.813. The van der Waals surface area contributed by atoms with Crippen molar-refractivity contribution < 1.29 is 14.7 Å². The van der Waals surface area contributed by atoms with E-state index in [1.54, 1.807) is 0 Å². The van der Waals surface area contributed by atoms with Crippen LogP contribution in [0.1, 0.15) is 31.2 Å². The molecule has 132 valence electrons. The molecule has 0 bridgehead atoms. The molecule has 0 atom stereocenters. The Labute approximate surface area is 147 Å². The number of carbonyl (C=O) groups is 2. The van der Waals surface area contributed by atoms with Crippen molar-refractivity contribution in [3.63, 3.8) is 0 Å². The molecule has 0 radical (unpaired) electrons. The molecule has 25 heavy (non-hydrogen) atoms. The predicted molar refractivity (Wildman–Crippen MR) is 97.3 cm³/mol. The molecule has 1 fully saturated rings. The zero-order valence-corrected chi connectivity index (χ0v) is 14.3. The fourth-order valence-electron chi connectivity index (χ4n) is 3.65. The van der Waals surface area contributed by atoms with Crippen molar-refractivity contribution in [3.05, 3.63) is 48.0 Å².